The van der Waals surface area contributed by atoms with Crippen LogP contribution in [-0.2, 0) is 4.79 Å². The maximum absolute atomic E-state index is 12.3. The average molecular weight is 270 g/mol. The summed E-state index contributed by atoms with van der Waals surface area (Å²) in [6.45, 7) is 3.64. The molecule has 2 rings (SSSR count). The molecule has 1 aromatic heterocycles. The lowest BCUT2D eigenvalue weighted by Gasteiger charge is -2.25. The molecule has 0 radical (unpaired) electrons. The van der Waals surface area contributed by atoms with Crippen molar-refractivity contribution in [1.29, 1.82) is 0 Å². The van der Waals surface area contributed by atoms with E-state index >= 15 is 0 Å². The number of carbonyl (C=O) groups is 2. The third kappa shape index (κ3) is 2.10. The molecular weight excluding hydrogens is 256 g/mol. The highest BCUT2D eigenvalue weighted by Gasteiger charge is 2.42. The molecule has 2 heterocycles. The molecule has 0 aromatic carbocycles. The quantitative estimate of drug-likeness (QED) is 0.892. The van der Waals surface area contributed by atoms with Crippen LogP contribution in [0.2, 0.25) is 0 Å². The number of hydrogen-bond acceptors (Lipinski definition) is 5. The fourth-order valence-electron chi connectivity index (χ4n) is 1.95. The molecule has 1 amide bonds. The highest BCUT2D eigenvalue weighted by atomic mass is 32.2. The van der Waals surface area contributed by atoms with Crippen molar-refractivity contribution in [3.8, 4) is 0 Å². The summed E-state index contributed by atoms with van der Waals surface area (Å²) in [6.07, 6.45) is 2.15. The van der Waals surface area contributed by atoms with E-state index in [-0.39, 0.29) is 11.1 Å². The molecule has 1 fully saturated rings. The van der Waals surface area contributed by atoms with Crippen molar-refractivity contribution in [2.45, 2.75) is 31.7 Å². The normalized spacial score (nSPS) is 23.3. The van der Waals surface area contributed by atoms with E-state index in [1.54, 1.807) is 6.92 Å². The third-order valence-corrected chi connectivity index (χ3v) is 4.36. The number of carboxylic acid groups (broad SMARTS) is 1. The smallest absolute Gasteiger partial charge is 0.327 e. The lowest BCUT2D eigenvalue weighted by atomic mass is 10.2. The van der Waals surface area contributed by atoms with Crippen LogP contribution in [0.25, 0.3) is 0 Å². The standard InChI is InChI=1S/C11H14N2O4S/c1-3-8-13(7(5-18-8)11(15)16)10(14)9-6(2)4-12-17-9/h4,7-8H,3,5H2,1-2H3,(H,15,16). The minimum Gasteiger partial charge on any atom is -0.480 e. The number of hydrogen-bond donors (Lipinski definition) is 1. The van der Waals surface area contributed by atoms with E-state index in [0.717, 1.165) is 0 Å². The van der Waals surface area contributed by atoms with E-state index in [1.165, 1.54) is 22.9 Å². The van der Waals surface area contributed by atoms with Gasteiger partial charge in [0, 0.05) is 11.3 Å². The molecule has 1 aliphatic heterocycles. The van der Waals surface area contributed by atoms with Crippen molar-refractivity contribution in [1.82, 2.24) is 10.1 Å². The Labute approximate surface area is 108 Å². The van der Waals surface area contributed by atoms with Gasteiger partial charge in [0.2, 0.25) is 5.76 Å². The number of carboxylic acids is 1. The van der Waals surface area contributed by atoms with Gasteiger partial charge in [-0.05, 0) is 13.3 Å². The van der Waals surface area contributed by atoms with Crippen molar-refractivity contribution in [3.05, 3.63) is 17.5 Å². The largest absolute Gasteiger partial charge is 0.480 e. The average Bonchev–Trinajstić information content (AvgIpc) is 2.93. The monoisotopic (exact) mass is 270 g/mol. The van der Waals surface area contributed by atoms with Crippen LogP contribution in [0.15, 0.2) is 10.7 Å². The third-order valence-electron chi connectivity index (χ3n) is 2.90. The van der Waals surface area contributed by atoms with E-state index in [2.05, 4.69) is 5.16 Å². The Hall–Kier alpha value is -1.50. The van der Waals surface area contributed by atoms with E-state index < -0.39 is 17.9 Å². The number of amides is 1. The first kappa shape index (κ1) is 12.9. The van der Waals surface area contributed by atoms with E-state index in [1.807, 2.05) is 6.92 Å². The minimum absolute atomic E-state index is 0.122. The van der Waals surface area contributed by atoms with Gasteiger partial charge in [-0.3, -0.25) is 4.79 Å². The number of aliphatic carboxylic acids is 1. The number of carbonyl (C=O) groups excluding carboxylic acids is 1. The minimum atomic E-state index is -0.982. The highest BCUT2D eigenvalue weighted by molar-refractivity contribution is 8.00. The zero-order valence-corrected chi connectivity index (χ0v) is 10.9. The van der Waals surface area contributed by atoms with Gasteiger partial charge in [0.1, 0.15) is 6.04 Å². The van der Waals surface area contributed by atoms with Crippen LogP contribution in [0.1, 0.15) is 29.5 Å². The Morgan fingerprint density at radius 2 is 2.39 bits per heavy atom. The second-order valence-electron chi connectivity index (χ2n) is 4.10. The molecule has 1 aromatic rings. The van der Waals surface area contributed by atoms with Crippen molar-refractivity contribution in [2.24, 2.45) is 0 Å². The number of thioether (sulfide) groups is 1. The first-order valence-corrected chi connectivity index (χ1v) is 6.69. The van der Waals surface area contributed by atoms with Gasteiger partial charge in [0.15, 0.2) is 0 Å². The number of nitrogens with zero attached hydrogens (tertiary/aromatic N) is 2. The first-order valence-electron chi connectivity index (χ1n) is 5.64. The summed E-state index contributed by atoms with van der Waals surface area (Å²) in [5.41, 5.74) is 0.621. The highest BCUT2D eigenvalue weighted by Crippen LogP contribution is 2.33. The Morgan fingerprint density at radius 1 is 1.67 bits per heavy atom. The molecule has 0 aliphatic carbocycles. The summed E-state index contributed by atoms with van der Waals surface area (Å²) < 4.78 is 4.92. The van der Waals surface area contributed by atoms with E-state index in [4.69, 9.17) is 9.63 Å². The van der Waals surface area contributed by atoms with Gasteiger partial charge in [0.05, 0.1) is 11.6 Å². The lowest BCUT2D eigenvalue weighted by Crippen LogP contribution is -2.45. The Balaban J connectivity index is 2.30. The van der Waals surface area contributed by atoms with Gasteiger partial charge in [-0.25, -0.2) is 4.79 Å². The molecule has 2 unspecified atom stereocenters. The fraction of sp³-hybridized carbons (Fsp3) is 0.545. The molecule has 1 N–H and O–H groups in total. The van der Waals surface area contributed by atoms with Crippen LogP contribution >= 0.6 is 11.8 Å². The molecular formula is C11H14N2O4S. The van der Waals surface area contributed by atoms with Crippen LogP contribution in [0.5, 0.6) is 0 Å². The summed E-state index contributed by atoms with van der Waals surface area (Å²) >= 11 is 1.48. The molecule has 0 bridgehead atoms. The maximum atomic E-state index is 12.3. The van der Waals surface area contributed by atoms with Gasteiger partial charge in [-0.2, -0.15) is 0 Å². The van der Waals surface area contributed by atoms with Crippen molar-refractivity contribution in [2.75, 3.05) is 5.75 Å². The molecule has 2 atom stereocenters. The molecule has 18 heavy (non-hydrogen) atoms. The lowest BCUT2D eigenvalue weighted by molar-refractivity contribution is -0.141. The number of rotatable bonds is 3. The summed E-state index contributed by atoms with van der Waals surface area (Å²) in [4.78, 5) is 24.9. The van der Waals surface area contributed by atoms with Gasteiger partial charge in [0.25, 0.3) is 5.91 Å². The van der Waals surface area contributed by atoms with Gasteiger partial charge in [-0.15, -0.1) is 11.8 Å². The maximum Gasteiger partial charge on any atom is 0.327 e. The van der Waals surface area contributed by atoms with E-state index in [9.17, 15) is 9.59 Å². The van der Waals surface area contributed by atoms with Crippen LogP contribution in [-0.4, -0.2) is 44.2 Å². The van der Waals surface area contributed by atoms with Gasteiger partial charge < -0.3 is 14.5 Å². The SMILES string of the molecule is CCC1SCC(C(=O)O)N1C(=O)c1oncc1C. The van der Waals surface area contributed by atoms with Crippen molar-refractivity contribution >= 4 is 23.6 Å². The Bertz CT molecular complexity index is 473. The molecule has 7 heteroatoms. The fourth-order valence-corrected chi connectivity index (χ4v) is 3.30. The second-order valence-corrected chi connectivity index (χ2v) is 5.31. The second kappa shape index (κ2) is 5.01. The molecule has 0 spiro atoms. The van der Waals surface area contributed by atoms with Gasteiger partial charge >= 0.3 is 5.97 Å². The number of aryl methyl sites for hydroxylation is 1. The number of aromatic nitrogens is 1. The van der Waals surface area contributed by atoms with Gasteiger partial charge in [-0.1, -0.05) is 12.1 Å². The molecule has 98 valence electrons. The summed E-state index contributed by atoms with van der Waals surface area (Å²) in [6, 6.07) is -0.794. The summed E-state index contributed by atoms with van der Waals surface area (Å²) in [7, 11) is 0. The zero-order chi connectivity index (χ0) is 13.3. The molecule has 0 saturated carbocycles. The topological polar surface area (TPSA) is 83.6 Å². The van der Waals surface area contributed by atoms with Crippen molar-refractivity contribution < 1.29 is 19.2 Å². The van der Waals surface area contributed by atoms with Crippen LogP contribution in [0, 0.1) is 6.92 Å². The summed E-state index contributed by atoms with van der Waals surface area (Å²) in [5.74, 6) is -0.840. The van der Waals surface area contributed by atoms with Crippen LogP contribution in [0.4, 0.5) is 0 Å². The molecule has 1 saturated heterocycles. The Kier molecular flexibility index (Phi) is 3.60. The van der Waals surface area contributed by atoms with Crippen LogP contribution < -0.4 is 0 Å². The van der Waals surface area contributed by atoms with Crippen molar-refractivity contribution in [3.63, 3.8) is 0 Å². The first-order chi connectivity index (χ1) is 8.56. The predicted molar refractivity (Wildman–Crippen MR) is 65.4 cm³/mol. The van der Waals surface area contributed by atoms with E-state index in [0.29, 0.717) is 17.7 Å². The Morgan fingerprint density at radius 3 is 2.89 bits per heavy atom. The molecule has 6 nitrogen and oxygen atoms in total. The van der Waals surface area contributed by atoms with Crippen LogP contribution in [0.3, 0.4) is 0 Å². The zero-order valence-electron chi connectivity index (χ0n) is 10.1. The predicted octanol–water partition coefficient (Wildman–Crippen LogP) is 1.36. The molecule has 1 aliphatic rings. The summed E-state index contributed by atoms with van der Waals surface area (Å²) in [5, 5.41) is 12.6.